The number of hydrogen-bond acceptors (Lipinski definition) is 4. The number of aromatic nitrogens is 2. The number of rotatable bonds is 4. The zero-order chi connectivity index (χ0) is 20.4. The molecule has 3 aromatic rings. The van der Waals surface area contributed by atoms with Crippen molar-refractivity contribution >= 4 is 22.4 Å². The Hall–Kier alpha value is -3.93. The fourth-order valence-electron chi connectivity index (χ4n) is 3.37. The maximum atomic E-state index is 11.8. The zero-order valence-corrected chi connectivity index (χ0v) is 15.4. The van der Waals surface area contributed by atoms with Crippen molar-refractivity contribution in [3.05, 3.63) is 100 Å². The van der Waals surface area contributed by atoms with Crippen LogP contribution in [0.3, 0.4) is 0 Å². The predicted molar refractivity (Wildman–Crippen MR) is 111 cm³/mol. The van der Waals surface area contributed by atoms with Crippen molar-refractivity contribution in [3.8, 4) is 5.75 Å². The Morgan fingerprint density at radius 2 is 1.93 bits per heavy atom. The molecule has 2 heterocycles. The number of nitrogens with zero attached hydrogens (tertiary/aromatic N) is 2. The molecule has 0 saturated heterocycles. The molecular formula is C23H18N2O4. The average Bonchev–Trinajstić information content (AvgIpc) is 2.95. The van der Waals surface area contributed by atoms with Crippen molar-refractivity contribution in [1.82, 2.24) is 9.55 Å². The van der Waals surface area contributed by atoms with Crippen LogP contribution in [-0.4, -0.2) is 25.7 Å². The minimum absolute atomic E-state index is 0.289. The first-order valence-corrected chi connectivity index (χ1v) is 9.10. The molecule has 1 aromatic carbocycles. The third-order valence-electron chi connectivity index (χ3n) is 4.77. The van der Waals surface area contributed by atoms with Crippen molar-refractivity contribution < 1.29 is 15.0 Å². The van der Waals surface area contributed by atoms with Gasteiger partial charge in [-0.2, -0.15) is 0 Å². The first kappa shape index (κ1) is 18.4. The number of fused-ring (bicyclic) bond motifs is 1. The summed E-state index contributed by atoms with van der Waals surface area (Å²) in [6.45, 7) is 0.289. The number of aromatic carboxylic acids is 1. The smallest absolute Gasteiger partial charge is 0.341 e. The van der Waals surface area contributed by atoms with Gasteiger partial charge in [-0.25, -0.2) is 4.79 Å². The van der Waals surface area contributed by atoms with Gasteiger partial charge in [0, 0.05) is 29.9 Å². The number of benzene rings is 1. The number of allylic oxidation sites excluding steroid dienone is 6. The Bertz CT molecular complexity index is 1270. The lowest BCUT2D eigenvalue weighted by Gasteiger charge is -2.13. The lowest BCUT2D eigenvalue weighted by Crippen LogP contribution is -2.18. The molecule has 0 bridgehead atoms. The van der Waals surface area contributed by atoms with Gasteiger partial charge in [0.15, 0.2) is 5.75 Å². The molecule has 0 radical (unpaired) electrons. The van der Waals surface area contributed by atoms with Crippen LogP contribution in [0.1, 0.15) is 22.3 Å². The highest BCUT2D eigenvalue weighted by atomic mass is 16.4. The molecule has 0 saturated carbocycles. The van der Waals surface area contributed by atoms with E-state index < -0.39 is 22.7 Å². The van der Waals surface area contributed by atoms with E-state index in [1.165, 1.54) is 17.0 Å². The van der Waals surface area contributed by atoms with Crippen LogP contribution < -0.4 is 5.43 Å². The summed E-state index contributed by atoms with van der Waals surface area (Å²) in [6.07, 6.45) is 13.1. The van der Waals surface area contributed by atoms with Crippen molar-refractivity contribution in [2.45, 2.75) is 13.0 Å². The van der Waals surface area contributed by atoms with E-state index in [0.717, 1.165) is 34.0 Å². The molecule has 0 amide bonds. The van der Waals surface area contributed by atoms with Crippen molar-refractivity contribution in [3.63, 3.8) is 0 Å². The first-order chi connectivity index (χ1) is 14.0. The molecule has 2 aromatic heterocycles. The van der Waals surface area contributed by atoms with E-state index in [4.69, 9.17) is 0 Å². The molecule has 0 atom stereocenters. The van der Waals surface area contributed by atoms with Gasteiger partial charge >= 0.3 is 5.97 Å². The third-order valence-corrected chi connectivity index (χ3v) is 4.77. The van der Waals surface area contributed by atoms with Crippen LogP contribution in [0.2, 0.25) is 0 Å². The Labute approximate surface area is 166 Å². The topological polar surface area (TPSA) is 92.4 Å². The second-order valence-corrected chi connectivity index (χ2v) is 6.76. The van der Waals surface area contributed by atoms with Crippen LogP contribution in [0.5, 0.6) is 5.75 Å². The van der Waals surface area contributed by atoms with Crippen molar-refractivity contribution in [2.75, 3.05) is 0 Å². The molecule has 0 unspecified atom stereocenters. The molecule has 6 nitrogen and oxygen atoms in total. The molecule has 1 aliphatic carbocycles. The number of carboxylic acid groups (broad SMARTS) is 1. The molecule has 29 heavy (non-hydrogen) atoms. The number of para-hydroxylation sites is 1. The van der Waals surface area contributed by atoms with E-state index in [1.807, 2.05) is 54.8 Å². The molecule has 0 aliphatic heterocycles. The van der Waals surface area contributed by atoms with Gasteiger partial charge in [0.25, 0.3) is 0 Å². The molecule has 6 heteroatoms. The average molecular weight is 386 g/mol. The summed E-state index contributed by atoms with van der Waals surface area (Å²) in [5.74, 6) is -1.96. The highest BCUT2D eigenvalue weighted by Gasteiger charge is 2.15. The molecule has 4 rings (SSSR count). The normalized spacial score (nSPS) is 13.7. The Balaban J connectivity index is 1.82. The van der Waals surface area contributed by atoms with Crippen LogP contribution in [0.15, 0.2) is 83.6 Å². The van der Waals surface area contributed by atoms with Gasteiger partial charge in [0.1, 0.15) is 5.56 Å². The van der Waals surface area contributed by atoms with Crippen LogP contribution in [0, 0.1) is 0 Å². The van der Waals surface area contributed by atoms with E-state index in [9.17, 15) is 19.8 Å². The summed E-state index contributed by atoms with van der Waals surface area (Å²) in [4.78, 5) is 27.7. The van der Waals surface area contributed by atoms with Gasteiger partial charge in [0.2, 0.25) is 5.43 Å². The molecule has 2 N–H and O–H groups in total. The summed E-state index contributed by atoms with van der Waals surface area (Å²) >= 11 is 0. The minimum atomic E-state index is -1.37. The zero-order valence-electron chi connectivity index (χ0n) is 15.4. The first-order valence-electron chi connectivity index (χ1n) is 9.10. The molecule has 0 spiro atoms. The Kier molecular flexibility index (Phi) is 4.83. The number of carbonyl (C=O) groups is 1. The second-order valence-electron chi connectivity index (χ2n) is 6.76. The second kappa shape index (κ2) is 7.59. The molecular weight excluding hydrogens is 368 g/mol. The largest absolute Gasteiger partial charge is 0.503 e. The van der Waals surface area contributed by atoms with Gasteiger partial charge in [0.05, 0.1) is 11.7 Å². The summed E-state index contributed by atoms with van der Waals surface area (Å²) in [6, 6.07) is 9.92. The molecule has 144 valence electrons. The summed E-state index contributed by atoms with van der Waals surface area (Å²) in [7, 11) is 0. The van der Waals surface area contributed by atoms with Crippen LogP contribution in [0.25, 0.3) is 16.5 Å². The fraction of sp³-hybridized carbons (Fsp3) is 0.0870. The van der Waals surface area contributed by atoms with Crippen molar-refractivity contribution in [1.29, 1.82) is 0 Å². The predicted octanol–water partition coefficient (Wildman–Crippen LogP) is 3.77. The van der Waals surface area contributed by atoms with Gasteiger partial charge in [-0.3, -0.25) is 9.78 Å². The van der Waals surface area contributed by atoms with E-state index in [1.54, 1.807) is 0 Å². The van der Waals surface area contributed by atoms with Crippen LogP contribution >= 0.6 is 0 Å². The van der Waals surface area contributed by atoms with E-state index in [0.29, 0.717) is 0 Å². The van der Waals surface area contributed by atoms with E-state index >= 15 is 0 Å². The number of aromatic hydroxyl groups is 1. The van der Waals surface area contributed by atoms with Crippen LogP contribution in [0.4, 0.5) is 0 Å². The van der Waals surface area contributed by atoms with E-state index in [-0.39, 0.29) is 6.54 Å². The highest BCUT2D eigenvalue weighted by Crippen LogP contribution is 2.27. The van der Waals surface area contributed by atoms with Crippen LogP contribution in [-0.2, 0) is 6.54 Å². The Morgan fingerprint density at radius 1 is 1.14 bits per heavy atom. The third kappa shape index (κ3) is 3.73. The lowest BCUT2D eigenvalue weighted by molar-refractivity contribution is 0.0694. The van der Waals surface area contributed by atoms with Gasteiger partial charge < -0.3 is 14.8 Å². The highest BCUT2D eigenvalue weighted by molar-refractivity contribution is 5.88. The summed E-state index contributed by atoms with van der Waals surface area (Å²) in [5.41, 5.74) is 2.35. The standard InChI is InChI=1S/C23H18N2O4/c26-21-14-25(13-19(22(21)27)23(28)29)12-16-7-2-1-3-8-18(16)17-10-15-6-4-5-9-20(15)24-11-17/h2-11,13-14,26H,1,12H2,(H,28,29). The Morgan fingerprint density at radius 3 is 2.76 bits per heavy atom. The summed E-state index contributed by atoms with van der Waals surface area (Å²) in [5, 5.41) is 20.1. The van der Waals surface area contributed by atoms with Gasteiger partial charge in [-0.1, -0.05) is 42.5 Å². The minimum Gasteiger partial charge on any atom is -0.503 e. The fourth-order valence-corrected chi connectivity index (χ4v) is 3.37. The maximum absolute atomic E-state index is 11.8. The van der Waals surface area contributed by atoms with E-state index in [2.05, 4.69) is 11.1 Å². The van der Waals surface area contributed by atoms with Gasteiger partial charge in [-0.05, 0) is 29.7 Å². The number of carboxylic acids is 1. The number of pyridine rings is 2. The van der Waals surface area contributed by atoms with Crippen molar-refractivity contribution in [2.24, 2.45) is 0 Å². The molecule has 0 fully saturated rings. The maximum Gasteiger partial charge on any atom is 0.341 e. The van der Waals surface area contributed by atoms with Gasteiger partial charge in [-0.15, -0.1) is 0 Å². The summed E-state index contributed by atoms with van der Waals surface area (Å²) < 4.78 is 1.51. The lowest BCUT2D eigenvalue weighted by atomic mass is 9.99. The molecule has 1 aliphatic rings. The SMILES string of the molecule is O=C(O)c1cn(CC2=C(c3cnc4ccccc4c3)C=CCC=C2)cc(O)c1=O. The monoisotopic (exact) mass is 386 g/mol. The quantitative estimate of drug-likeness (QED) is 0.712. The number of hydrogen-bond donors (Lipinski definition) is 2.